The third-order valence-electron chi connectivity index (χ3n) is 6.52. The van der Waals surface area contributed by atoms with Crippen molar-refractivity contribution in [3.05, 3.63) is 82.9 Å². The molecule has 1 aliphatic heterocycles. The second kappa shape index (κ2) is 9.16. The van der Waals surface area contributed by atoms with E-state index in [0.29, 0.717) is 30.2 Å². The average Bonchev–Trinajstić information content (AvgIpc) is 3.37. The molecule has 182 valence electrons. The Hall–Kier alpha value is -3.70. The van der Waals surface area contributed by atoms with Gasteiger partial charge in [-0.3, -0.25) is 9.36 Å². The predicted octanol–water partition coefficient (Wildman–Crippen LogP) is 2.25. The highest BCUT2D eigenvalue weighted by Gasteiger charge is 2.41. The highest BCUT2D eigenvalue weighted by atomic mass is 19.1. The fourth-order valence-electron chi connectivity index (χ4n) is 4.49. The molecule has 35 heavy (non-hydrogen) atoms. The van der Waals surface area contributed by atoms with Gasteiger partial charge in [0.1, 0.15) is 29.9 Å². The Balaban J connectivity index is 1.57. The van der Waals surface area contributed by atoms with E-state index in [1.807, 2.05) is 12.1 Å². The second-order valence-corrected chi connectivity index (χ2v) is 8.58. The Morgan fingerprint density at radius 2 is 1.94 bits per heavy atom. The summed E-state index contributed by atoms with van der Waals surface area (Å²) in [4.78, 5) is 24.0. The minimum Gasteiger partial charge on any atom is -0.381 e. The van der Waals surface area contributed by atoms with Crippen LogP contribution in [0.3, 0.4) is 0 Å². The maximum absolute atomic E-state index is 14.9. The van der Waals surface area contributed by atoms with Crippen molar-refractivity contribution in [2.75, 3.05) is 31.2 Å². The van der Waals surface area contributed by atoms with E-state index in [-0.39, 0.29) is 12.1 Å². The minimum atomic E-state index is -1.97. The summed E-state index contributed by atoms with van der Waals surface area (Å²) in [5, 5.41) is 16.2. The number of nitrogens with zero attached hydrogens (tertiary/aromatic N) is 6. The first-order chi connectivity index (χ1) is 16.9. The van der Waals surface area contributed by atoms with E-state index < -0.39 is 28.8 Å². The topological polar surface area (TPSA) is 98.3 Å². The fourth-order valence-corrected chi connectivity index (χ4v) is 4.49. The molecule has 9 nitrogen and oxygen atoms in total. The Morgan fingerprint density at radius 3 is 2.66 bits per heavy atom. The molecule has 1 N–H and O–H groups in total. The molecule has 0 aliphatic carbocycles. The van der Waals surface area contributed by atoms with Crippen LogP contribution in [-0.4, -0.2) is 55.7 Å². The van der Waals surface area contributed by atoms with Crippen LogP contribution in [0.4, 0.5) is 14.5 Å². The number of hydrogen-bond donors (Lipinski definition) is 1. The van der Waals surface area contributed by atoms with Gasteiger partial charge in [-0.1, -0.05) is 6.07 Å². The smallest absolute Gasteiger partial charge is 0.261 e. The standard InChI is InChI=1S/C24H24F2N6O3/c1-16(24(34,12-31-14-27-13-29-31)20-5-2-17(25)10-21(20)26)32-15-28-22-11-18(3-4-19(22)23(32)33)30-6-8-35-9-7-30/h2-5,10-11,13-16,34H,6-9,12H2,1H3/t16-,24-/m1/s1. The molecule has 0 radical (unpaired) electrons. The number of halogens is 2. The van der Waals surface area contributed by atoms with Gasteiger partial charge in [-0.2, -0.15) is 5.10 Å². The average molecular weight is 482 g/mol. The van der Waals surface area contributed by atoms with Crippen LogP contribution in [0.15, 0.2) is 60.2 Å². The van der Waals surface area contributed by atoms with Gasteiger partial charge in [0, 0.05) is 30.4 Å². The lowest BCUT2D eigenvalue weighted by atomic mass is 9.86. The highest BCUT2D eigenvalue weighted by Crippen LogP contribution is 2.36. The van der Waals surface area contributed by atoms with Gasteiger partial charge in [0.05, 0.1) is 43.0 Å². The zero-order chi connectivity index (χ0) is 24.6. The van der Waals surface area contributed by atoms with Gasteiger partial charge in [0.15, 0.2) is 0 Å². The van der Waals surface area contributed by atoms with E-state index in [0.717, 1.165) is 24.8 Å². The Labute approximate surface area is 199 Å². The fraction of sp³-hybridized carbons (Fsp3) is 0.333. The van der Waals surface area contributed by atoms with Crippen molar-refractivity contribution in [2.24, 2.45) is 0 Å². The van der Waals surface area contributed by atoms with Crippen molar-refractivity contribution in [1.82, 2.24) is 24.3 Å². The summed E-state index contributed by atoms with van der Waals surface area (Å²) >= 11 is 0. The van der Waals surface area contributed by atoms with Crippen molar-refractivity contribution in [1.29, 1.82) is 0 Å². The molecule has 1 fully saturated rings. The van der Waals surface area contributed by atoms with E-state index in [9.17, 15) is 18.7 Å². The first-order valence-electron chi connectivity index (χ1n) is 11.2. The van der Waals surface area contributed by atoms with Crippen LogP contribution in [0.25, 0.3) is 10.9 Å². The van der Waals surface area contributed by atoms with Gasteiger partial charge >= 0.3 is 0 Å². The van der Waals surface area contributed by atoms with Crippen molar-refractivity contribution in [3.8, 4) is 0 Å². The summed E-state index contributed by atoms with van der Waals surface area (Å²) in [6, 6.07) is 7.34. The summed E-state index contributed by atoms with van der Waals surface area (Å²) in [5.41, 5.74) is -1.09. The Bertz CT molecular complexity index is 1400. The SMILES string of the molecule is C[C@@H](n1cnc2cc(N3CCOCC3)ccc2c1=O)[C@](O)(Cn1cncn1)c1ccc(F)cc1F. The number of ether oxygens (including phenoxy) is 1. The summed E-state index contributed by atoms with van der Waals surface area (Å²) in [7, 11) is 0. The summed E-state index contributed by atoms with van der Waals surface area (Å²) in [6.07, 6.45) is 3.99. The summed E-state index contributed by atoms with van der Waals surface area (Å²) in [6.45, 7) is 4.12. The van der Waals surface area contributed by atoms with Gasteiger partial charge in [-0.25, -0.2) is 23.4 Å². The summed E-state index contributed by atoms with van der Waals surface area (Å²) < 4.78 is 36.5. The monoisotopic (exact) mass is 482 g/mol. The molecular formula is C24H24F2N6O3. The third-order valence-corrected chi connectivity index (χ3v) is 6.52. The molecule has 1 aliphatic rings. The molecule has 0 amide bonds. The third kappa shape index (κ3) is 4.28. The molecule has 0 bridgehead atoms. The molecule has 3 heterocycles. The zero-order valence-electron chi connectivity index (χ0n) is 19.0. The van der Waals surface area contributed by atoms with Gasteiger partial charge < -0.3 is 14.7 Å². The molecule has 11 heteroatoms. The summed E-state index contributed by atoms with van der Waals surface area (Å²) in [5.74, 6) is -1.71. The minimum absolute atomic E-state index is 0.170. The number of fused-ring (bicyclic) bond motifs is 1. The predicted molar refractivity (Wildman–Crippen MR) is 124 cm³/mol. The number of benzene rings is 2. The number of rotatable bonds is 6. The molecule has 1 saturated heterocycles. The van der Waals surface area contributed by atoms with Crippen molar-refractivity contribution >= 4 is 16.6 Å². The van der Waals surface area contributed by atoms with Crippen LogP contribution in [0.5, 0.6) is 0 Å². The number of anilines is 1. The molecule has 4 aromatic rings. The van der Waals surface area contributed by atoms with E-state index in [1.165, 1.54) is 34.3 Å². The number of aromatic nitrogens is 5. The van der Waals surface area contributed by atoms with Crippen LogP contribution >= 0.6 is 0 Å². The maximum Gasteiger partial charge on any atom is 0.261 e. The van der Waals surface area contributed by atoms with E-state index in [2.05, 4.69) is 20.0 Å². The van der Waals surface area contributed by atoms with E-state index >= 15 is 0 Å². The van der Waals surface area contributed by atoms with Gasteiger partial charge in [-0.05, 0) is 31.2 Å². The van der Waals surface area contributed by atoms with E-state index in [1.54, 1.807) is 13.0 Å². The largest absolute Gasteiger partial charge is 0.381 e. The molecule has 2 aromatic carbocycles. The molecular weight excluding hydrogens is 458 g/mol. The molecule has 0 spiro atoms. The first kappa shape index (κ1) is 23.1. The van der Waals surface area contributed by atoms with Gasteiger partial charge in [0.25, 0.3) is 5.56 Å². The molecule has 2 atom stereocenters. The normalized spacial score (nSPS) is 16.9. The lowest BCUT2D eigenvalue weighted by molar-refractivity contribution is -0.0343. The number of aliphatic hydroxyl groups is 1. The highest BCUT2D eigenvalue weighted by molar-refractivity contribution is 5.81. The van der Waals surface area contributed by atoms with Gasteiger partial charge in [-0.15, -0.1) is 0 Å². The van der Waals surface area contributed by atoms with Crippen molar-refractivity contribution in [2.45, 2.75) is 25.1 Å². The maximum atomic E-state index is 14.9. The van der Waals surface area contributed by atoms with Crippen molar-refractivity contribution in [3.63, 3.8) is 0 Å². The number of morpholine rings is 1. The molecule has 2 aromatic heterocycles. The van der Waals surface area contributed by atoms with Crippen LogP contribution in [0.2, 0.25) is 0 Å². The van der Waals surface area contributed by atoms with Crippen LogP contribution in [0, 0.1) is 11.6 Å². The van der Waals surface area contributed by atoms with Crippen LogP contribution in [0.1, 0.15) is 18.5 Å². The van der Waals surface area contributed by atoms with Gasteiger partial charge in [0.2, 0.25) is 0 Å². The van der Waals surface area contributed by atoms with Crippen LogP contribution in [-0.2, 0) is 16.9 Å². The quantitative estimate of drug-likeness (QED) is 0.450. The molecule has 0 saturated carbocycles. The lowest BCUT2D eigenvalue weighted by Gasteiger charge is -2.35. The first-order valence-corrected chi connectivity index (χ1v) is 11.2. The lowest BCUT2D eigenvalue weighted by Crippen LogP contribution is -2.43. The Morgan fingerprint density at radius 1 is 1.14 bits per heavy atom. The Kier molecular flexibility index (Phi) is 6.03. The molecule has 0 unspecified atom stereocenters. The molecule has 5 rings (SSSR count). The number of hydrogen-bond acceptors (Lipinski definition) is 7. The van der Waals surface area contributed by atoms with Crippen LogP contribution < -0.4 is 10.5 Å². The second-order valence-electron chi connectivity index (χ2n) is 8.58. The zero-order valence-corrected chi connectivity index (χ0v) is 19.0. The van der Waals surface area contributed by atoms with E-state index in [4.69, 9.17) is 4.74 Å². The van der Waals surface area contributed by atoms with Crippen molar-refractivity contribution < 1.29 is 18.6 Å².